The van der Waals surface area contributed by atoms with Gasteiger partial charge in [0.25, 0.3) is 5.69 Å². The van der Waals surface area contributed by atoms with Gasteiger partial charge in [-0.05, 0) is 24.0 Å². The van der Waals surface area contributed by atoms with Crippen molar-refractivity contribution in [2.45, 2.75) is 32.6 Å². The van der Waals surface area contributed by atoms with Crippen LogP contribution in [-0.2, 0) is 0 Å². The van der Waals surface area contributed by atoms with Crippen molar-refractivity contribution >= 4 is 16.6 Å². The van der Waals surface area contributed by atoms with Crippen LogP contribution in [0.5, 0.6) is 0 Å². The van der Waals surface area contributed by atoms with Crippen LogP contribution in [-0.4, -0.2) is 9.91 Å². The van der Waals surface area contributed by atoms with Crippen molar-refractivity contribution in [2.75, 3.05) is 0 Å². The Bertz CT molecular complexity index is 545. The number of benzene rings is 1. The van der Waals surface area contributed by atoms with Gasteiger partial charge in [-0.2, -0.15) is 0 Å². The summed E-state index contributed by atoms with van der Waals surface area (Å²) in [5, 5.41) is 11.7. The van der Waals surface area contributed by atoms with Gasteiger partial charge in [-0.3, -0.25) is 10.1 Å². The molecule has 17 heavy (non-hydrogen) atoms. The van der Waals surface area contributed by atoms with Crippen LogP contribution in [0.1, 0.15) is 38.2 Å². The number of rotatable bonds is 4. The van der Waals surface area contributed by atoms with Crippen molar-refractivity contribution in [2.24, 2.45) is 0 Å². The molecule has 4 nitrogen and oxygen atoms in total. The maximum absolute atomic E-state index is 10.8. The monoisotopic (exact) mass is 232 g/mol. The molecular weight excluding hydrogens is 216 g/mol. The Morgan fingerprint density at radius 1 is 1.47 bits per heavy atom. The molecule has 0 spiro atoms. The van der Waals surface area contributed by atoms with Crippen molar-refractivity contribution in [1.29, 1.82) is 0 Å². The number of nitro benzene ring substituents is 1. The highest BCUT2D eigenvalue weighted by Gasteiger charge is 2.13. The van der Waals surface area contributed by atoms with Gasteiger partial charge in [0.15, 0.2) is 0 Å². The number of hydrogen-bond acceptors (Lipinski definition) is 2. The van der Waals surface area contributed by atoms with Crippen LogP contribution < -0.4 is 0 Å². The van der Waals surface area contributed by atoms with Gasteiger partial charge < -0.3 is 4.98 Å². The molecular formula is C13H16N2O2. The molecule has 4 heteroatoms. The zero-order valence-electron chi connectivity index (χ0n) is 10.1. The van der Waals surface area contributed by atoms with Crippen LogP contribution in [0.25, 0.3) is 10.9 Å². The molecule has 90 valence electrons. The minimum Gasteiger partial charge on any atom is -0.361 e. The highest BCUT2D eigenvalue weighted by molar-refractivity contribution is 5.85. The minimum atomic E-state index is -0.347. The molecule has 0 bridgehead atoms. The number of non-ortho nitro benzene ring substituents is 1. The largest absolute Gasteiger partial charge is 0.361 e. The predicted molar refractivity (Wildman–Crippen MR) is 68.3 cm³/mol. The highest BCUT2D eigenvalue weighted by Crippen LogP contribution is 2.30. The van der Waals surface area contributed by atoms with Gasteiger partial charge >= 0.3 is 0 Å². The second-order valence-electron chi connectivity index (χ2n) is 4.42. The summed E-state index contributed by atoms with van der Waals surface area (Å²) in [6, 6.07) is 4.97. The van der Waals surface area contributed by atoms with Gasteiger partial charge in [0, 0.05) is 29.2 Å². The van der Waals surface area contributed by atoms with Crippen molar-refractivity contribution in [1.82, 2.24) is 4.98 Å². The van der Waals surface area contributed by atoms with Crippen LogP contribution in [0.2, 0.25) is 0 Å². The number of H-pyrrole nitrogens is 1. The fourth-order valence-electron chi connectivity index (χ4n) is 2.24. The number of aromatic amines is 1. The van der Waals surface area contributed by atoms with Crippen molar-refractivity contribution < 1.29 is 4.92 Å². The standard InChI is InChI=1S/C13H16N2O2/c1-3-4-9(2)12-8-14-13-6-5-10(15(16)17)7-11(12)13/h5-9,14H,3-4H2,1-2H3. The van der Waals surface area contributed by atoms with E-state index in [0.29, 0.717) is 5.92 Å². The fraction of sp³-hybridized carbons (Fsp3) is 0.385. The molecule has 0 aliphatic heterocycles. The number of aromatic nitrogens is 1. The smallest absolute Gasteiger partial charge is 0.270 e. The first kappa shape index (κ1) is 11.6. The zero-order chi connectivity index (χ0) is 12.4. The molecule has 0 aliphatic carbocycles. The molecule has 2 aromatic rings. The number of nitrogens with zero attached hydrogens (tertiary/aromatic N) is 1. The van der Waals surface area contributed by atoms with E-state index in [-0.39, 0.29) is 10.6 Å². The normalized spacial score (nSPS) is 12.8. The lowest BCUT2D eigenvalue weighted by atomic mass is 9.96. The first-order chi connectivity index (χ1) is 8.13. The minimum absolute atomic E-state index is 0.155. The average molecular weight is 232 g/mol. The topological polar surface area (TPSA) is 58.9 Å². The van der Waals surface area contributed by atoms with E-state index in [1.165, 1.54) is 11.6 Å². The number of nitro groups is 1. The zero-order valence-corrected chi connectivity index (χ0v) is 10.1. The van der Waals surface area contributed by atoms with Gasteiger partial charge in [0.05, 0.1) is 4.92 Å². The fourth-order valence-corrected chi connectivity index (χ4v) is 2.24. The SMILES string of the molecule is CCCC(C)c1c[nH]c2ccc([N+](=O)[O-])cc12. The van der Waals surface area contributed by atoms with Crippen LogP contribution in [0.15, 0.2) is 24.4 Å². The molecule has 0 radical (unpaired) electrons. The molecule has 0 aliphatic rings. The highest BCUT2D eigenvalue weighted by atomic mass is 16.6. The first-order valence-electron chi connectivity index (χ1n) is 5.89. The molecule has 1 aromatic carbocycles. The van der Waals surface area contributed by atoms with E-state index < -0.39 is 0 Å². The molecule has 0 saturated heterocycles. The molecule has 1 aromatic heterocycles. The van der Waals surface area contributed by atoms with Crippen LogP contribution in [0.3, 0.4) is 0 Å². The molecule has 1 unspecified atom stereocenters. The molecule has 1 N–H and O–H groups in total. The molecule has 0 amide bonds. The maximum Gasteiger partial charge on any atom is 0.270 e. The molecule has 1 heterocycles. The van der Waals surface area contributed by atoms with E-state index in [2.05, 4.69) is 18.8 Å². The summed E-state index contributed by atoms with van der Waals surface area (Å²) >= 11 is 0. The lowest BCUT2D eigenvalue weighted by Gasteiger charge is -2.08. The second kappa shape index (κ2) is 4.57. The predicted octanol–water partition coefficient (Wildman–Crippen LogP) is 3.98. The van der Waals surface area contributed by atoms with Gasteiger partial charge in [0.1, 0.15) is 0 Å². The summed E-state index contributed by atoms with van der Waals surface area (Å²) in [6.45, 7) is 4.30. The molecule has 2 rings (SSSR count). The Labute approximate surface area is 99.8 Å². The number of nitrogens with one attached hydrogen (secondary N) is 1. The van der Waals surface area contributed by atoms with E-state index in [1.807, 2.05) is 6.20 Å². The van der Waals surface area contributed by atoms with E-state index in [0.717, 1.165) is 23.7 Å². The maximum atomic E-state index is 10.8. The summed E-state index contributed by atoms with van der Waals surface area (Å²) < 4.78 is 0. The van der Waals surface area contributed by atoms with Gasteiger partial charge in [-0.25, -0.2) is 0 Å². The lowest BCUT2D eigenvalue weighted by Crippen LogP contribution is -1.92. The van der Waals surface area contributed by atoms with E-state index >= 15 is 0 Å². The Kier molecular flexibility index (Phi) is 3.13. The Hall–Kier alpha value is -1.84. The van der Waals surface area contributed by atoms with Crippen molar-refractivity contribution in [3.8, 4) is 0 Å². The van der Waals surface area contributed by atoms with Crippen molar-refractivity contribution in [3.63, 3.8) is 0 Å². The summed E-state index contributed by atoms with van der Waals surface area (Å²) in [6.07, 6.45) is 4.17. The third-order valence-electron chi connectivity index (χ3n) is 3.16. The van der Waals surface area contributed by atoms with Gasteiger partial charge in [0.2, 0.25) is 0 Å². The Morgan fingerprint density at radius 2 is 2.24 bits per heavy atom. The van der Waals surface area contributed by atoms with Gasteiger partial charge in [-0.15, -0.1) is 0 Å². The number of hydrogen-bond donors (Lipinski definition) is 1. The summed E-state index contributed by atoms with van der Waals surface area (Å²) in [4.78, 5) is 13.6. The van der Waals surface area contributed by atoms with Gasteiger partial charge in [-0.1, -0.05) is 20.3 Å². The Balaban J connectivity index is 2.50. The average Bonchev–Trinajstić information content (AvgIpc) is 2.71. The number of fused-ring (bicyclic) bond motifs is 1. The third kappa shape index (κ3) is 2.16. The van der Waals surface area contributed by atoms with Crippen LogP contribution >= 0.6 is 0 Å². The van der Waals surface area contributed by atoms with E-state index in [9.17, 15) is 10.1 Å². The first-order valence-corrected chi connectivity index (χ1v) is 5.89. The molecule has 0 saturated carbocycles. The Morgan fingerprint density at radius 3 is 2.88 bits per heavy atom. The van der Waals surface area contributed by atoms with Crippen LogP contribution in [0, 0.1) is 10.1 Å². The van der Waals surface area contributed by atoms with E-state index in [1.54, 1.807) is 12.1 Å². The summed E-state index contributed by atoms with van der Waals surface area (Å²) in [5.74, 6) is 0.427. The van der Waals surface area contributed by atoms with E-state index in [4.69, 9.17) is 0 Å². The molecule has 0 fully saturated rings. The van der Waals surface area contributed by atoms with Crippen molar-refractivity contribution in [3.05, 3.63) is 40.1 Å². The van der Waals surface area contributed by atoms with Crippen LogP contribution in [0.4, 0.5) is 5.69 Å². The second-order valence-corrected chi connectivity index (χ2v) is 4.42. The quantitative estimate of drug-likeness (QED) is 0.640. The lowest BCUT2D eigenvalue weighted by molar-refractivity contribution is -0.384. The summed E-state index contributed by atoms with van der Waals surface area (Å²) in [7, 11) is 0. The third-order valence-corrected chi connectivity index (χ3v) is 3.16. The summed E-state index contributed by atoms with van der Waals surface area (Å²) in [5.41, 5.74) is 2.29. The molecule has 1 atom stereocenters.